The highest BCUT2D eigenvalue weighted by atomic mass is 35.5. The lowest BCUT2D eigenvalue weighted by Gasteiger charge is -2.12. The van der Waals surface area contributed by atoms with E-state index in [0.717, 1.165) is 22.4 Å². The molecule has 0 spiro atoms. The van der Waals surface area contributed by atoms with Gasteiger partial charge in [0, 0.05) is 11.3 Å². The molecule has 0 aliphatic heterocycles. The molecule has 0 saturated heterocycles. The van der Waals surface area contributed by atoms with E-state index in [9.17, 15) is 4.79 Å². The molecule has 0 aromatic heterocycles. The van der Waals surface area contributed by atoms with E-state index in [0.29, 0.717) is 10.6 Å². The largest absolute Gasteiger partial charge is 0.321 e. The first kappa shape index (κ1) is 15.3. The molecule has 0 aliphatic carbocycles. The van der Waals surface area contributed by atoms with Crippen molar-refractivity contribution >= 4 is 23.2 Å². The third-order valence-electron chi connectivity index (χ3n) is 3.63. The van der Waals surface area contributed by atoms with Crippen LogP contribution in [-0.2, 0) is 0 Å². The highest BCUT2D eigenvalue weighted by Gasteiger charge is 2.13. The van der Waals surface area contributed by atoms with Crippen LogP contribution in [0.25, 0.3) is 11.1 Å². The summed E-state index contributed by atoms with van der Waals surface area (Å²) in [6, 6.07) is 23.1. The van der Waals surface area contributed by atoms with Crippen molar-refractivity contribution in [1.29, 1.82) is 0 Å². The maximum Gasteiger partial charge on any atom is 0.257 e. The molecule has 3 aromatic carbocycles. The van der Waals surface area contributed by atoms with Gasteiger partial charge in [-0.1, -0.05) is 66.2 Å². The van der Waals surface area contributed by atoms with E-state index in [4.69, 9.17) is 11.6 Å². The molecule has 3 aromatic rings. The fraction of sp³-hybridized carbons (Fsp3) is 0.0500. The number of hydrogen-bond acceptors (Lipinski definition) is 1. The molecule has 0 fully saturated rings. The monoisotopic (exact) mass is 321 g/mol. The molecular formula is C20H16ClNO. The summed E-state index contributed by atoms with van der Waals surface area (Å²) < 4.78 is 0. The van der Waals surface area contributed by atoms with E-state index >= 15 is 0 Å². The van der Waals surface area contributed by atoms with Crippen molar-refractivity contribution in [2.75, 3.05) is 5.32 Å². The summed E-state index contributed by atoms with van der Waals surface area (Å²) in [5.74, 6) is -0.210. The maximum atomic E-state index is 12.5. The van der Waals surface area contributed by atoms with Crippen LogP contribution in [0.3, 0.4) is 0 Å². The van der Waals surface area contributed by atoms with Gasteiger partial charge in [-0.05, 0) is 36.2 Å². The second-order valence-corrected chi connectivity index (χ2v) is 5.76. The highest BCUT2D eigenvalue weighted by molar-refractivity contribution is 6.34. The summed E-state index contributed by atoms with van der Waals surface area (Å²) in [7, 11) is 0. The molecular weight excluding hydrogens is 306 g/mol. The number of rotatable bonds is 3. The number of aryl methyl sites for hydroxylation is 1. The van der Waals surface area contributed by atoms with Gasteiger partial charge in [0.1, 0.15) is 0 Å². The molecule has 114 valence electrons. The summed E-state index contributed by atoms with van der Waals surface area (Å²) in [6.45, 7) is 1.94. The molecule has 0 saturated carbocycles. The Labute approximate surface area is 140 Å². The molecule has 0 aliphatic rings. The van der Waals surface area contributed by atoms with Gasteiger partial charge in [-0.25, -0.2) is 0 Å². The van der Waals surface area contributed by atoms with Gasteiger partial charge in [-0.2, -0.15) is 0 Å². The summed E-state index contributed by atoms with van der Waals surface area (Å²) >= 11 is 6.19. The minimum absolute atomic E-state index is 0.210. The number of carbonyl (C=O) groups excluding carboxylic acids is 1. The molecule has 0 radical (unpaired) electrons. The zero-order valence-corrected chi connectivity index (χ0v) is 13.5. The lowest BCUT2D eigenvalue weighted by atomic mass is 10.0. The number of nitrogens with one attached hydrogen (secondary N) is 1. The number of halogens is 1. The molecule has 0 unspecified atom stereocenters. The van der Waals surface area contributed by atoms with Crippen molar-refractivity contribution in [2.45, 2.75) is 6.92 Å². The van der Waals surface area contributed by atoms with E-state index in [1.165, 1.54) is 0 Å². The normalized spacial score (nSPS) is 10.3. The molecule has 3 rings (SSSR count). The third kappa shape index (κ3) is 3.43. The first-order valence-corrected chi connectivity index (χ1v) is 7.75. The SMILES string of the molecule is Cc1ccc(C(=O)Nc2ccccc2-c2ccccc2)c(Cl)c1. The Morgan fingerprint density at radius 3 is 2.35 bits per heavy atom. The first-order valence-electron chi connectivity index (χ1n) is 7.37. The minimum atomic E-state index is -0.210. The Morgan fingerprint density at radius 2 is 1.61 bits per heavy atom. The van der Waals surface area contributed by atoms with Gasteiger partial charge >= 0.3 is 0 Å². The Kier molecular flexibility index (Phi) is 4.45. The van der Waals surface area contributed by atoms with Gasteiger partial charge in [-0.15, -0.1) is 0 Å². The lowest BCUT2D eigenvalue weighted by molar-refractivity contribution is 0.102. The minimum Gasteiger partial charge on any atom is -0.321 e. The Hall–Kier alpha value is -2.58. The molecule has 0 heterocycles. The van der Waals surface area contributed by atoms with Crippen molar-refractivity contribution in [3.8, 4) is 11.1 Å². The summed E-state index contributed by atoms with van der Waals surface area (Å²) in [6.07, 6.45) is 0. The number of benzene rings is 3. The number of hydrogen-bond donors (Lipinski definition) is 1. The predicted octanol–water partition coefficient (Wildman–Crippen LogP) is 5.57. The topological polar surface area (TPSA) is 29.1 Å². The predicted molar refractivity (Wildman–Crippen MR) is 96.0 cm³/mol. The van der Waals surface area contributed by atoms with Crippen molar-refractivity contribution in [1.82, 2.24) is 0 Å². The van der Waals surface area contributed by atoms with Gasteiger partial charge in [0.05, 0.1) is 10.6 Å². The second kappa shape index (κ2) is 6.67. The Morgan fingerprint density at radius 1 is 0.913 bits per heavy atom. The summed E-state index contributed by atoms with van der Waals surface area (Å²) in [5.41, 5.74) is 4.29. The fourth-order valence-electron chi connectivity index (χ4n) is 2.46. The second-order valence-electron chi connectivity index (χ2n) is 5.35. The molecule has 0 bridgehead atoms. The van der Waals surface area contributed by atoms with Gasteiger partial charge in [0.2, 0.25) is 0 Å². The molecule has 2 nitrogen and oxygen atoms in total. The zero-order valence-electron chi connectivity index (χ0n) is 12.7. The number of amides is 1. The van der Waals surface area contributed by atoms with Crippen LogP contribution in [0.1, 0.15) is 15.9 Å². The van der Waals surface area contributed by atoms with Crippen LogP contribution in [0.4, 0.5) is 5.69 Å². The quantitative estimate of drug-likeness (QED) is 0.671. The van der Waals surface area contributed by atoms with Gasteiger partial charge < -0.3 is 5.32 Å². The number of anilines is 1. The van der Waals surface area contributed by atoms with E-state index in [2.05, 4.69) is 5.32 Å². The van der Waals surface area contributed by atoms with E-state index in [-0.39, 0.29) is 5.91 Å². The van der Waals surface area contributed by atoms with Crippen LogP contribution in [0, 0.1) is 6.92 Å². The molecule has 23 heavy (non-hydrogen) atoms. The van der Waals surface area contributed by atoms with Crippen LogP contribution < -0.4 is 5.32 Å². The van der Waals surface area contributed by atoms with Crippen LogP contribution >= 0.6 is 11.6 Å². The van der Waals surface area contributed by atoms with Crippen LogP contribution in [0.5, 0.6) is 0 Å². The van der Waals surface area contributed by atoms with Crippen LogP contribution in [-0.4, -0.2) is 5.91 Å². The summed E-state index contributed by atoms with van der Waals surface area (Å²) in [4.78, 5) is 12.5. The average Bonchev–Trinajstić information content (AvgIpc) is 2.56. The van der Waals surface area contributed by atoms with Gasteiger partial charge in [-0.3, -0.25) is 4.79 Å². The van der Waals surface area contributed by atoms with Gasteiger partial charge in [0.15, 0.2) is 0 Å². The maximum absolute atomic E-state index is 12.5. The Balaban J connectivity index is 1.93. The average molecular weight is 322 g/mol. The molecule has 3 heteroatoms. The van der Waals surface area contributed by atoms with Crippen LogP contribution in [0.15, 0.2) is 72.8 Å². The molecule has 1 amide bonds. The first-order chi connectivity index (χ1) is 11.1. The highest BCUT2D eigenvalue weighted by Crippen LogP contribution is 2.28. The van der Waals surface area contributed by atoms with E-state index in [1.54, 1.807) is 12.1 Å². The number of para-hydroxylation sites is 1. The van der Waals surface area contributed by atoms with Crippen LogP contribution in [0.2, 0.25) is 5.02 Å². The number of carbonyl (C=O) groups is 1. The lowest BCUT2D eigenvalue weighted by Crippen LogP contribution is -2.13. The molecule has 1 N–H and O–H groups in total. The fourth-order valence-corrected chi connectivity index (χ4v) is 2.78. The zero-order chi connectivity index (χ0) is 16.2. The van der Waals surface area contributed by atoms with Crippen molar-refractivity contribution in [3.05, 3.63) is 88.9 Å². The Bertz CT molecular complexity index is 843. The van der Waals surface area contributed by atoms with E-state index in [1.807, 2.05) is 67.6 Å². The standard InChI is InChI=1S/C20H16ClNO/c1-14-11-12-17(18(21)13-14)20(23)22-19-10-6-5-9-16(19)15-7-3-2-4-8-15/h2-13H,1H3,(H,22,23). The van der Waals surface area contributed by atoms with E-state index < -0.39 is 0 Å². The smallest absolute Gasteiger partial charge is 0.257 e. The van der Waals surface area contributed by atoms with Gasteiger partial charge in [0.25, 0.3) is 5.91 Å². The molecule has 0 atom stereocenters. The van der Waals surface area contributed by atoms with Crippen molar-refractivity contribution < 1.29 is 4.79 Å². The van der Waals surface area contributed by atoms with Crippen molar-refractivity contribution in [2.24, 2.45) is 0 Å². The van der Waals surface area contributed by atoms with Crippen molar-refractivity contribution in [3.63, 3.8) is 0 Å². The third-order valence-corrected chi connectivity index (χ3v) is 3.94. The summed E-state index contributed by atoms with van der Waals surface area (Å²) in [5, 5.41) is 3.42.